The lowest BCUT2D eigenvalue weighted by Crippen LogP contribution is -2.26. The molecule has 0 aromatic heterocycles. The molecule has 0 amide bonds. The topological polar surface area (TPSA) is 58.6 Å². The van der Waals surface area contributed by atoms with Crippen LogP contribution < -0.4 is 9.46 Å². The van der Waals surface area contributed by atoms with Gasteiger partial charge in [0.1, 0.15) is 5.75 Å². The fraction of sp³-hybridized carbons (Fsp3) is 0.429. The van der Waals surface area contributed by atoms with Crippen LogP contribution in [0.15, 0.2) is 53.4 Å². The third kappa shape index (κ3) is 7.97. The summed E-state index contributed by atoms with van der Waals surface area (Å²) in [7, 11) is 0.192. The van der Waals surface area contributed by atoms with Crippen LogP contribution in [0.1, 0.15) is 24.0 Å². The first-order chi connectivity index (χ1) is 14.1. The van der Waals surface area contributed by atoms with Crippen LogP contribution in [0.5, 0.6) is 5.75 Å². The lowest BCUT2D eigenvalue weighted by Gasteiger charge is -2.11. The van der Waals surface area contributed by atoms with Gasteiger partial charge in [0.2, 0.25) is 10.0 Å². The molecule has 0 unspecified atom stereocenters. The minimum Gasteiger partial charge on any atom is -0.494 e. The van der Waals surface area contributed by atoms with Gasteiger partial charge in [-0.15, -0.1) is 0 Å². The number of unbranched alkanes of at least 4 members (excludes halogenated alkanes) is 1. The Kier molecular flexibility index (Phi) is 8.69. The fourth-order valence-electron chi connectivity index (χ4n) is 2.71. The van der Waals surface area contributed by atoms with Crippen LogP contribution in [0, 0.1) is 0 Å². The maximum Gasteiger partial charge on any atom is 0.416 e. The highest BCUT2D eigenvalue weighted by Crippen LogP contribution is 2.29. The summed E-state index contributed by atoms with van der Waals surface area (Å²) >= 11 is 0. The van der Waals surface area contributed by atoms with Crippen molar-refractivity contribution in [2.75, 3.05) is 33.8 Å². The van der Waals surface area contributed by atoms with Crippen LogP contribution >= 0.6 is 0 Å². The summed E-state index contributed by atoms with van der Waals surface area (Å²) in [6, 6.07) is 10.8. The molecule has 0 bridgehead atoms. The molecule has 1 N–H and O–H groups in total. The molecule has 5 nitrogen and oxygen atoms in total. The van der Waals surface area contributed by atoms with E-state index < -0.39 is 21.8 Å². The van der Waals surface area contributed by atoms with E-state index in [1.165, 1.54) is 0 Å². The summed E-state index contributed by atoms with van der Waals surface area (Å²) in [6.45, 7) is 1.79. The number of rotatable bonds is 11. The normalized spacial score (nSPS) is 12.3. The number of benzene rings is 2. The molecule has 0 saturated heterocycles. The van der Waals surface area contributed by atoms with Crippen molar-refractivity contribution >= 4 is 10.0 Å². The zero-order valence-corrected chi connectivity index (χ0v) is 17.9. The molecule has 0 spiro atoms. The third-order valence-corrected chi connectivity index (χ3v) is 5.87. The predicted octanol–water partition coefficient (Wildman–Crippen LogP) is 3.95. The van der Waals surface area contributed by atoms with Gasteiger partial charge in [0.25, 0.3) is 0 Å². The number of halogens is 3. The third-order valence-electron chi connectivity index (χ3n) is 4.39. The highest BCUT2D eigenvalue weighted by molar-refractivity contribution is 7.89. The molecular weight excluding hydrogens is 417 g/mol. The lowest BCUT2D eigenvalue weighted by atomic mass is 10.1. The average Bonchev–Trinajstić information content (AvgIpc) is 2.68. The summed E-state index contributed by atoms with van der Waals surface area (Å²) in [6.07, 6.45) is -2.03. The molecule has 0 atom stereocenters. The Hall–Kier alpha value is -2.10. The van der Waals surface area contributed by atoms with E-state index in [1.54, 1.807) is 0 Å². The summed E-state index contributed by atoms with van der Waals surface area (Å²) in [5.41, 5.74) is 0.0338. The molecule has 9 heteroatoms. The highest BCUT2D eigenvalue weighted by atomic mass is 32.2. The number of nitrogens with zero attached hydrogens (tertiary/aromatic N) is 1. The second-order valence-corrected chi connectivity index (χ2v) is 8.94. The molecule has 2 aromatic rings. The van der Waals surface area contributed by atoms with E-state index in [1.807, 2.05) is 38.4 Å². The van der Waals surface area contributed by atoms with Gasteiger partial charge in [-0.05, 0) is 81.9 Å². The van der Waals surface area contributed by atoms with Crippen molar-refractivity contribution in [2.24, 2.45) is 0 Å². The Balaban J connectivity index is 1.79. The van der Waals surface area contributed by atoms with Crippen molar-refractivity contribution in [1.29, 1.82) is 0 Å². The Labute approximate surface area is 175 Å². The number of ether oxygens (including phenoxy) is 1. The van der Waals surface area contributed by atoms with Crippen LogP contribution in [0.4, 0.5) is 13.2 Å². The molecule has 0 radical (unpaired) electrons. The largest absolute Gasteiger partial charge is 0.494 e. The van der Waals surface area contributed by atoms with Gasteiger partial charge in [-0.3, -0.25) is 0 Å². The molecule has 2 rings (SSSR count). The number of sulfonamides is 1. The van der Waals surface area contributed by atoms with Gasteiger partial charge in [0.15, 0.2) is 0 Å². The van der Waals surface area contributed by atoms with Gasteiger partial charge in [0, 0.05) is 6.54 Å². The zero-order valence-electron chi connectivity index (χ0n) is 17.1. The minimum atomic E-state index is -4.50. The van der Waals surface area contributed by atoms with Crippen molar-refractivity contribution < 1.29 is 26.3 Å². The van der Waals surface area contributed by atoms with E-state index in [2.05, 4.69) is 9.62 Å². The van der Waals surface area contributed by atoms with Crippen molar-refractivity contribution in [3.63, 3.8) is 0 Å². The summed E-state index contributed by atoms with van der Waals surface area (Å²) in [5.74, 6) is 0.758. The monoisotopic (exact) mass is 444 g/mol. The SMILES string of the molecule is CN(C)CCCCOc1ccc(CCNS(=O)(=O)c2ccc(C(F)(F)F)cc2)cc1. The Morgan fingerprint density at radius 1 is 0.967 bits per heavy atom. The average molecular weight is 445 g/mol. The quantitative estimate of drug-likeness (QED) is 0.534. The Morgan fingerprint density at radius 3 is 2.17 bits per heavy atom. The van der Waals surface area contributed by atoms with Crippen molar-refractivity contribution in [3.05, 3.63) is 59.7 Å². The summed E-state index contributed by atoms with van der Waals surface area (Å²) in [5, 5.41) is 0. The number of hydrogen-bond donors (Lipinski definition) is 1. The maximum absolute atomic E-state index is 12.6. The van der Waals surface area contributed by atoms with E-state index in [9.17, 15) is 21.6 Å². The maximum atomic E-state index is 12.6. The van der Waals surface area contributed by atoms with E-state index in [0.29, 0.717) is 13.0 Å². The van der Waals surface area contributed by atoms with E-state index in [4.69, 9.17) is 4.74 Å². The highest BCUT2D eigenvalue weighted by Gasteiger charge is 2.30. The van der Waals surface area contributed by atoms with Crippen molar-refractivity contribution in [2.45, 2.75) is 30.3 Å². The smallest absolute Gasteiger partial charge is 0.416 e. The number of alkyl halides is 3. The van der Waals surface area contributed by atoms with Gasteiger partial charge in [0.05, 0.1) is 17.1 Å². The molecule has 0 aliphatic rings. The first-order valence-corrected chi connectivity index (χ1v) is 11.1. The van der Waals surface area contributed by atoms with Gasteiger partial charge < -0.3 is 9.64 Å². The molecule has 2 aromatic carbocycles. The molecule has 0 fully saturated rings. The molecule has 0 aliphatic heterocycles. The zero-order chi connectivity index (χ0) is 22.2. The van der Waals surface area contributed by atoms with E-state index in [0.717, 1.165) is 55.0 Å². The second kappa shape index (κ2) is 10.8. The fourth-order valence-corrected chi connectivity index (χ4v) is 3.74. The first kappa shape index (κ1) is 24.2. The minimum absolute atomic E-state index is 0.133. The second-order valence-electron chi connectivity index (χ2n) is 7.17. The molecule has 30 heavy (non-hydrogen) atoms. The molecule has 166 valence electrons. The number of nitrogens with one attached hydrogen (secondary N) is 1. The molecular formula is C21H27F3N2O3S. The first-order valence-electron chi connectivity index (χ1n) is 9.61. The van der Waals surface area contributed by atoms with E-state index >= 15 is 0 Å². The Morgan fingerprint density at radius 2 is 1.60 bits per heavy atom. The van der Waals surface area contributed by atoms with Crippen LogP contribution in [0.3, 0.4) is 0 Å². The van der Waals surface area contributed by atoms with Gasteiger partial charge in [-0.2, -0.15) is 13.2 Å². The van der Waals surface area contributed by atoms with Crippen molar-refractivity contribution in [1.82, 2.24) is 9.62 Å². The summed E-state index contributed by atoms with van der Waals surface area (Å²) in [4.78, 5) is 1.93. The lowest BCUT2D eigenvalue weighted by molar-refractivity contribution is -0.137. The predicted molar refractivity (Wildman–Crippen MR) is 110 cm³/mol. The van der Waals surface area contributed by atoms with Gasteiger partial charge >= 0.3 is 6.18 Å². The molecule has 0 heterocycles. The van der Waals surface area contributed by atoms with Crippen LogP contribution in [0.25, 0.3) is 0 Å². The van der Waals surface area contributed by atoms with Crippen LogP contribution in [-0.2, 0) is 22.6 Å². The van der Waals surface area contributed by atoms with Crippen LogP contribution in [0.2, 0.25) is 0 Å². The Bertz CT molecular complexity index is 881. The van der Waals surface area contributed by atoms with Gasteiger partial charge in [-0.1, -0.05) is 12.1 Å². The molecule has 0 saturated carbocycles. The standard InChI is InChI=1S/C21H27F3N2O3S/c1-26(2)15-3-4-16-29-19-9-5-17(6-10-19)13-14-25-30(27,28)20-11-7-18(8-12-20)21(22,23)24/h5-12,25H,3-4,13-16H2,1-2H3. The van der Waals surface area contributed by atoms with E-state index in [-0.39, 0.29) is 11.4 Å². The number of hydrogen-bond acceptors (Lipinski definition) is 4. The molecule has 0 aliphatic carbocycles. The van der Waals surface area contributed by atoms with Gasteiger partial charge in [-0.25, -0.2) is 13.1 Å². The van der Waals surface area contributed by atoms with Crippen molar-refractivity contribution in [3.8, 4) is 5.75 Å². The van der Waals surface area contributed by atoms with Crippen LogP contribution in [-0.4, -0.2) is 47.1 Å². The summed E-state index contributed by atoms with van der Waals surface area (Å²) < 4.78 is 70.3.